The fourth-order valence-electron chi connectivity index (χ4n) is 3.33. The standard InChI is InChI=1S/C23H37N3O2/c1-8-16(2)26(22(28)17-9-10-17)15-18-13-19(11-12-20(18)25(6)7)24-21(27)14-23(3,4)5/h11-13,16-17H,8-10,14-15H2,1-7H3,(H,24,27)/t16-/m0/s1. The first-order valence-electron chi connectivity index (χ1n) is 10.4. The molecule has 0 aromatic heterocycles. The summed E-state index contributed by atoms with van der Waals surface area (Å²) in [6, 6.07) is 6.18. The van der Waals surface area contributed by atoms with E-state index in [2.05, 4.69) is 44.8 Å². The summed E-state index contributed by atoms with van der Waals surface area (Å²) >= 11 is 0. The molecule has 1 N–H and O–H groups in total. The Kier molecular flexibility index (Phi) is 7.13. The fraction of sp³-hybridized carbons (Fsp3) is 0.652. The summed E-state index contributed by atoms with van der Waals surface area (Å²) < 4.78 is 0. The van der Waals surface area contributed by atoms with Gasteiger partial charge in [0.05, 0.1) is 0 Å². The Morgan fingerprint density at radius 2 is 1.86 bits per heavy atom. The quantitative estimate of drug-likeness (QED) is 0.705. The molecule has 1 aliphatic rings. The highest BCUT2D eigenvalue weighted by molar-refractivity contribution is 5.91. The number of nitrogens with zero attached hydrogens (tertiary/aromatic N) is 2. The lowest BCUT2D eigenvalue weighted by atomic mass is 9.92. The molecule has 0 saturated heterocycles. The molecule has 156 valence electrons. The lowest BCUT2D eigenvalue weighted by Crippen LogP contribution is -2.39. The Bertz CT molecular complexity index is 702. The van der Waals surface area contributed by atoms with Gasteiger partial charge in [0.15, 0.2) is 0 Å². The molecule has 0 heterocycles. The summed E-state index contributed by atoms with van der Waals surface area (Å²) in [7, 11) is 4.01. The van der Waals surface area contributed by atoms with Crippen LogP contribution >= 0.6 is 0 Å². The Morgan fingerprint density at radius 3 is 2.36 bits per heavy atom. The van der Waals surface area contributed by atoms with Crippen LogP contribution in [-0.2, 0) is 16.1 Å². The number of rotatable bonds is 8. The third-order valence-corrected chi connectivity index (χ3v) is 5.21. The van der Waals surface area contributed by atoms with Gasteiger partial charge in [0, 0.05) is 50.4 Å². The molecule has 0 radical (unpaired) electrons. The third-order valence-electron chi connectivity index (χ3n) is 5.21. The number of carbonyl (C=O) groups is 2. The molecule has 28 heavy (non-hydrogen) atoms. The molecule has 5 nitrogen and oxygen atoms in total. The molecule has 1 saturated carbocycles. The van der Waals surface area contributed by atoms with Gasteiger partial charge in [-0.2, -0.15) is 0 Å². The maximum absolute atomic E-state index is 12.9. The highest BCUT2D eigenvalue weighted by Gasteiger charge is 2.35. The molecule has 1 aromatic carbocycles. The van der Waals surface area contributed by atoms with Crippen molar-refractivity contribution in [3.05, 3.63) is 23.8 Å². The zero-order chi connectivity index (χ0) is 21.1. The predicted octanol–water partition coefficient (Wildman–Crippen LogP) is 4.66. The number of carbonyl (C=O) groups excluding carboxylic acids is 2. The monoisotopic (exact) mass is 387 g/mol. The molecule has 0 aliphatic heterocycles. The number of hydrogen-bond donors (Lipinski definition) is 1. The molecule has 0 unspecified atom stereocenters. The Hall–Kier alpha value is -2.04. The first-order chi connectivity index (χ1) is 13.0. The van der Waals surface area contributed by atoms with Crippen molar-refractivity contribution >= 4 is 23.2 Å². The van der Waals surface area contributed by atoms with Gasteiger partial charge in [-0.3, -0.25) is 9.59 Å². The molecule has 1 aromatic rings. The van der Waals surface area contributed by atoms with E-state index < -0.39 is 0 Å². The van der Waals surface area contributed by atoms with Gasteiger partial charge >= 0.3 is 0 Å². The van der Waals surface area contributed by atoms with Crippen LogP contribution in [0, 0.1) is 11.3 Å². The van der Waals surface area contributed by atoms with Crippen LogP contribution in [0.15, 0.2) is 18.2 Å². The van der Waals surface area contributed by atoms with Crippen LogP contribution in [0.3, 0.4) is 0 Å². The van der Waals surface area contributed by atoms with Crippen LogP contribution in [-0.4, -0.2) is 36.9 Å². The first kappa shape index (κ1) is 22.3. The highest BCUT2D eigenvalue weighted by atomic mass is 16.2. The third kappa shape index (κ3) is 6.25. The molecule has 0 spiro atoms. The van der Waals surface area contributed by atoms with E-state index in [1.165, 1.54) is 0 Å². The Labute approximate surface area is 170 Å². The van der Waals surface area contributed by atoms with Gasteiger partial charge in [-0.1, -0.05) is 27.7 Å². The molecule has 0 bridgehead atoms. The van der Waals surface area contributed by atoms with Crippen LogP contribution in [0.4, 0.5) is 11.4 Å². The SMILES string of the molecule is CC[C@H](C)N(Cc1cc(NC(=O)CC(C)(C)C)ccc1N(C)C)C(=O)C1CC1. The molecule has 5 heteroatoms. The van der Waals surface area contributed by atoms with Gasteiger partial charge in [0.1, 0.15) is 0 Å². The van der Waals surface area contributed by atoms with E-state index in [-0.39, 0.29) is 29.2 Å². The zero-order valence-electron chi connectivity index (χ0n) is 18.6. The normalized spacial score (nSPS) is 15.1. The summed E-state index contributed by atoms with van der Waals surface area (Å²) in [4.78, 5) is 29.3. The lowest BCUT2D eigenvalue weighted by molar-refractivity contribution is -0.135. The molecule has 1 aliphatic carbocycles. The smallest absolute Gasteiger partial charge is 0.226 e. The van der Waals surface area contributed by atoms with E-state index in [1.807, 2.05) is 37.2 Å². The van der Waals surface area contributed by atoms with E-state index in [0.717, 1.165) is 36.2 Å². The fourth-order valence-corrected chi connectivity index (χ4v) is 3.33. The van der Waals surface area contributed by atoms with Crippen molar-refractivity contribution < 1.29 is 9.59 Å². The summed E-state index contributed by atoms with van der Waals surface area (Å²) in [6.45, 7) is 11.0. The van der Waals surface area contributed by atoms with Crippen molar-refractivity contribution in [1.29, 1.82) is 0 Å². The van der Waals surface area contributed by atoms with Crippen molar-refractivity contribution in [3.63, 3.8) is 0 Å². The van der Waals surface area contributed by atoms with Crippen LogP contribution in [0.1, 0.15) is 65.9 Å². The van der Waals surface area contributed by atoms with Crippen molar-refractivity contribution in [2.24, 2.45) is 11.3 Å². The van der Waals surface area contributed by atoms with Gasteiger partial charge in [-0.05, 0) is 55.4 Å². The van der Waals surface area contributed by atoms with E-state index in [0.29, 0.717) is 13.0 Å². The first-order valence-corrected chi connectivity index (χ1v) is 10.4. The minimum atomic E-state index is -0.0550. The second kappa shape index (κ2) is 8.97. The summed E-state index contributed by atoms with van der Waals surface area (Å²) in [5.41, 5.74) is 2.87. The average molecular weight is 388 g/mol. The van der Waals surface area contributed by atoms with Gasteiger partial charge in [-0.25, -0.2) is 0 Å². The van der Waals surface area contributed by atoms with Crippen molar-refractivity contribution in [3.8, 4) is 0 Å². The van der Waals surface area contributed by atoms with E-state index >= 15 is 0 Å². The molecular formula is C23H37N3O2. The minimum Gasteiger partial charge on any atom is -0.377 e. The summed E-state index contributed by atoms with van der Waals surface area (Å²) in [6.07, 6.45) is 3.42. The lowest BCUT2D eigenvalue weighted by Gasteiger charge is -2.31. The topological polar surface area (TPSA) is 52.7 Å². The highest BCUT2D eigenvalue weighted by Crippen LogP contribution is 2.34. The van der Waals surface area contributed by atoms with E-state index in [9.17, 15) is 9.59 Å². The number of benzene rings is 1. The second-order valence-corrected chi connectivity index (χ2v) is 9.52. The number of anilines is 2. The van der Waals surface area contributed by atoms with Crippen molar-refractivity contribution in [2.45, 2.75) is 72.9 Å². The van der Waals surface area contributed by atoms with Crippen molar-refractivity contribution in [2.75, 3.05) is 24.3 Å². The van der Waals surface area contributed by atoms with Crippen molar-refractivity contribution in [1.82, 2.24) is 4.90 Å². The van der Waals surface area contributed by atoms with E-state index in [1.54, 1.807) is 0 Å². The molecule has 2 amide bonds. The van der Waals surface area contributed by atoms with Gasteiger partial charge in [-0.15, -0.1) is 0 Å². The van der Waals surface area contributed by atoms with Gasteiger partial charge in [0.25, 0.3) is 0 Å². The Morgan fingerprint density at radius 1 is 1.21 bits per heavy atom. The molecule has 1 fully saturated rings. The molecular weight excluding hydrogens is 350 g/mol. The molecule has 1 atom stereocenters. The largest absolute Gasteiger partial charge is 0.377 e. The van der Waals surface area contributed by atoms with Crippen LogP contribution < -0.4 is 10.2 Å². The van der Waals surface area contributed by atoms with E-state index in [4.69, 9.17) is 0 Å². The van der Waals surface area contributed by atoms with Crippen LogP contribution in [0.25, 0.3) is 0 Å². The van der Waals surface area contributed by atoms with Gasteiger partial charge in [0.2, 0.25) is 11.8 Å². The minimum absolute atomic E-state index is 0.0175. The van der Waals surface area contributed by atoms with Crippen LogP contribution in [0.2, 0.25) is 0 Å². The number of amides is 2. The maximum Gasteiger partial charge on any atom is 0.226 e. The Balaban J connectivity index is 2.26. The number of hydrogen-bond acceptors (Lipinski definition) is 3. The maximum atomic E-state index is 12.9. The predicted molar refractivity (Wildman–Crippen MR) is 116 cm³/mol. The summed E-state index contributed by atoms with van der Waals surface area (Å²) in [5, 5.41) is 3.02. The molecule has 2 rings (SSSR count). The summed E-state index contributed by atoms with van der Waals surface area (Å²) in [5.74, 6) is 0.483. The second-order valence-electron chi connectivity index (χ2n) is 9.52. The number of nitrogens with one attached hydrogen (secondary N) is 1. The van der Waals surface area contributed by atoms with Gasteiger partial charge < -0.3 is 15.1 Å². The zero-order valence-corrected chi connectivity index (χ0v) is 18.6. The van der Waals surface area contributed by atoms with Crippen LogP contribution in [0.5, 0.6) is 0 Å². The average Bonchev–Trinajstić information content (AvgIpc) is 3.41.